The van der Waals surface area contributed by atoms with E-state index in [1.165, 1.54) is 0 Å². The van der Waals surface area contributed by atoms with Gasteiger partial charge in [-0.3, -0.25) is 9.79 Å². The fraction of sp³-hybridized carbons (Fsp3) is 0.346. The number of carbonyl (C=O) groups is 2. The van der Waals surface area contributed by atoms with Crippen LogP contribution in [0.3, 0.4) is 0 Å². The Morgan fingerprint density at radius 1 is 1.11 bits per heavy atom. The summed E-state index contributed by atoms with van der Waals surface area (Å²) < 4.78 is 37.7. The van der Waals surface area contributed by atoms with E-state index >= 15 is 0 Å². The van der Waals surface area contributed by atoms with Crippen molar-refractivity contribution >= 4 is 28.8 Å². The van der Waals surface area contributed by atoms with Gasteiger partial charge in [-0.1, -0.05) is 30.3 Å². The number of ether oxygens (including phenoxy) is 1. The van der Waals surface area contributed by atoms with E-state index in [4.69, 9.17) is 14.6 Å². The van der Waals surface area contributed by atoms with E-state index in [0.717, 1.165) is 66.2 Å². The molecule has 38 heavy (non-hydrogen) atoms. The zero-order chi connectivity index (χ0) is 27.5. The van der Waals surface area contributed by atoms with Gasteiger partial charge in [-0.2, -0.15) is 13.2 Å². The van der Waals surface area contributed by atoms with Crippen molar-refractivity contribution in [1.82, 2.24) is 15.6 Å². The summed E-state index contributed by atoms with van der Waals surface area (Å²) in [5, 5.41) is 24.1. The van der Waals surface area contributed by atoms with Crippen molar-refractivity contribution in [1.29, 1.82) is 0 Å². The number of hydrogen-bond acceptors (Lipinski definition) is 6. The van der Waals surface area contributed by atoms with E-state index in [2.05, 4.69) is 20.6 Å². The van der Waals surface area contributed by atoms with E-state index in [1.807, 2.05) is 54.7 Å². The Bertz CT molecular complexity index is 1240. The average Bonchev–Trinajstić information content (AvgIpc) is 3.55. The average molecular weight is 535 g/mol. The van der Waals surface area contributed by atoms with Crippen LogP contribution in [0.2, 0.25) is 0 Å². The smallest absolute Gasteiger partial charge is 0.490 e. The van der Waals surface area contributed by atoms with Gasteiger partial charge in [-0.25, -0.2) is 4.79 Å². The number of benzene rings is 2. The highest BCUT2D eigenvalue weighted by Crippen LogP contribution is 2.34. The molecule has 0 saturated carbocycles. The Kier molecular flexibility index (Phi) is 9.97. The molecule has 4 rings (SSSR count). The van der Waals surface area contributed by atoms with Crippen molar-refractivity contribution in [3.63, 3.8) is 0 Å². The highest BCUT2D eigenvalue weighted by molar-refractivity contribution is 5.86. The number of halogens is 3. The SMILES string of the molecule is O=C(O)C(F)(F)F.O=C(O)CC(c1ccccc1)c1c[nH]c2cc(OCCCCNC3=NCCN3)ccc12. The quantitative estimate of drug-likeness (QED) is 0.247. The molecule has 2 heterocycles. The third-order valence-electron chi connectivity index (χ3n) is 5.69. The number of hydrogen-bond donors (Lipinski definition) is 5. The number of alkyl halides is 3. The van der Waals surface area contributed by atoms with Crippen molar-refractivity contribution in [2.75, 3.05) is 26.2 Å². The van der Waals surface area contributed by atoms with Crippen LogP contribution in [0, 0.1) is 0 Å². The zero-order valence-corrected chi connectivity index (χ0v) is 20.4. The van der Waals surface area contributed by atoms with Crippen molar-refractivity contribution in [2.24, 2.45) is 4.99 Å². The lowest BCUT2D eigenvalue weighted by Gasteiger charge is -2.15. The number of unbranched alkanes of at least 4 members (excludes halogenated alkanes) is 1. The number of aromatic nitrogens is 1. The monoisotopic (exact) mass is 534 g/mol. The van der Waals surface area contributed by atoms with Crippen molar-refractivity contribution in [3.8, 4) is 5.75 Å². The highest BCUT2D eigenvalue weighted by atomic mass is 19.4. The molecule has 0 aliphatic carbocycles. The molecule has 0 radical (unpaired) electrons. The minimum Gasteiger partial charge on any atom is -0.494 e. The molecule has 1 aliphatic heterocycles. The lowest BCUT2D eigenvalue weighted by atomic mass is 9.88. The molecule has 1 unspecified atom stereocenters. The number of H-pyrrole nitrogens is 1. The van der Waals surface area contributed by atoms with Crippen LogP contribution in [-0.2, 0) is 9.59 Å². The maximum atomic E-state index is 11.5. The lowest BCUT2D eigenvalue weighted by molar-refractivity contribution is -0.192. The summed E-state index contributed by atoms with van der Waals surface area (Å²) in [7, 11) is 0. The summed E-state index contributed by atoms with van der Waals surface area (Å²) >= 11 is 0. The Morgan fingerprint density at radius 2 is 1.84 bits per heavy atom. The van der Waals surface area contributed by atoms with Crippen molar-refractivity contribution in [2.45, 2.75) is 31.4 Å². The molecule has 0 saturated heterocycles. The third-order valence-corrected chi connectivity index (χ3v) is 5.69. The first-order valence-electron chi connectivity index (χ1n) is 12.0. The fourth-order valence-corrected chi connectivity index (χ4v) is 3.91. The number of aromatic amines is 1. The number of aliphatic imine (C=N–C) groups is 1. The molecule has 0 spiro atoms. The van der Waals surface area contributed by atoms with Crippen molar-refractivity contribution < 1.29 is 37.7 Å². The van der Waals surface area contributed by atoms with Crippen LogP contribution in [0.1, 0.15) is 36.3 Å². The van der Waals surface area contributed by atoms with E-state index in [-0.39, 0.29) is 12.3 Å². The lowest BCUT2D eigenvalue weighted by Crippen LogP contribution is -2.34. The molecular formula is C26H29F3N4O5. The molecule has 2 aromatic carbocycles. The van der Waals surface area contributed by atoms with Crippen LogP contribution in [0.4, 0.5) is 13.2 Å². The van der Waals surface area contributed by atoms with Gasteiger partial charge in [0.25, 0.3) is 0 Å². The molecule has 0 bridgehead atoms. The standard InChI is InChI=1S/C24H28N4O3.C2HF3O2/c29-23(30)15-20(17-6-2-1-3-7-17)21-16-28-22-14-18(8-9-19(21)22)31-13-5-4-10-25-24-26-11-12-27-24;3-2(4,5)1(6)7/h1-3,6-9,14,16,20,28H,4-5,10-13,15H2,(H,29,30)(H2,25,26,27);(H,6,7). The number of carboxylic acids is 2. The Morgan fingerprint density at radius 3 is 2.47 bits per heavy atom. The number of carboxylic acid groups (broad SMARTS) is 2. The van der Waals surface area contributed by atoms with Gasteiger partial charge in [0.15, 0.2) is 5.96 Å². The first kappa shape index (κ1) is 28.4. The number of aliphatic carboxylic acids is 2. The fourth-order valence-electron chi connectivity index (χ4n) is 3.91. The number of fused-ring (bicyclic) bond motifs is 1. The summed E-state index contributed by atoms with van der Waals surface area (Å²) in [6, 6.07) is 15.7. The molecule has 0 amide bonds. The molecule has 12 heteroatoms. The summed E-state index contributed by atoms with van der Waals surface area (Å²) in [4.78, 5) is 28.0. The summed E-state index contributed by atoms with van der Waals surface area (Å²) in [5.41, 5.74) is 2.94. The minimum absolute atomic E-state index is 0.0468. The number of nitrogens with one attached hydrogen (secondary N) is 3. The third kappa shape index (κ3) is 8.43. The van der Waals surface area contributed by atoms with Crippen molar-refractivity contribution in [3.05, 3.63) is 65.9 Å². The van der Waals surface area contributed by atoms with Crippen LogP contribution < -0.4 is 15.4 Å². The molecule has 9 nitrogen and oxygen atoms in total. The van der Waals surface area contributed by atoms with Gasteiger partial charge < -0.3 is 30.6 Å². The second kappa shape index (κ2) is 13.4. The van der Waals surface area contributed by atoms with Crippen LogP contribution in [0.5, 0.6) is 5.75 Å². The van der Waals surface area contributed by atoms with Crippen LogP contribution in [0.15, 0.2) is 59.7 Å². The predicted octanol–water partition coefficient (Wildman–Crippen LogP) is 4.12. The second-order valence-corrected chi connectivity index (χ2v) is 8.45. The first-order valence-corrected chi connectivity index (χ1v) is 12.0. The molecule has 1 aromatic heterocycles. The van der Waals surface area contributed by atoms with Gasteiger partial charge in [0.1, 0.15) is 5.75 Å². The minimum atomic E-state index is -5.08. The van der Waals surface area contributed by atoms with Crippen LogP contribution in [-0.4, -0.2) is 65.5 Å². The molecule has 204 valence electrons. The molecule has 0 fully saturated rings. The Hall–Kier alpha value is -4.22. The molecule has 3 aromatic rings. The first-order chi connectivity index (χ1) is 18.1. The number of nitrogens with zero attached hydrogens (tertiary/aromatic N) is 1. The summed E-state index contributed by atoms with van der Waals surface area (Å²) in [6.07, 6.45) is -1.17. The van der Waals surface area contributed by atoms with Gasteiger partial charge in [0.2, 0.25) is 0 Å². The maximum Gasteiger partial charge on any atom is 0.490 e. The van der Waals surface area contributed by atoms with Gasteiger partial charge in [0, 0.05) is 42.2 Å². The van der Waals surface area contributed by atoms with Crippen LogP contribution >= 0.6 is 0 Å². The molecule has 5 N–H and O–H groups in total. The topological polar surface area (TPSA) is 136 Å². The molecule has 1 aliphatic rings. The number of guanidine groups is 1. The van der Waals surface area contributed by atoms with E-state index in [0.29, 0.717) is 6.61 Å². The van der Waals surface area contributed by atoms with Gasteiger partial charge in [-0.15, -0.1) is 0 Å². The van der Waals surface area contributed by atoms with Gasteiger partial charge in [-0.05, 0) is 36.1 Å². The van der Waals surface area contributed by atoms with E-state index < -0.39 is 18.1 Å². The molecular weight excluding hydrogens is 505 g/mol. The predicted molar refractivity (Wildman–Crippen MR) is 136 cm³/mol. The Labute approximate surface area is 216 Å². The van der Waals surface area contributed by atoms with Gasteiger partial charge >= 0.3 is 18.1 Å². The van der Waals surface area contributed by atoms with Crippen LogP contribution in [0.25, 0.3) is 10.9 Å². The van der Waals surface area contributed by atoms with Gasteiger partial charge in [0.05, 0.1) is 19.6 Å². The maximum absolute atomic E-state index is 11.5. The summed E-state index contributed by atoms with van der Waals surface area (Å²) in [6.45, 7) is 3.28. The summed E-state index contributed by atoms with van der Waals surface area (Å²) in [5.74, 6) is -2.07. The highest BCUT2D eigenvalue weighted by Gasteiger charge is 2.38. The largest absolute Gasteiger partial charge is 0.494 e. The number of rotatable bonds is 10. The molecule has 1 atom stereocenters. The second-order valence-electron chi connectivity index (χ2n) is 8.45. The van der Waals surface area contributed by atoms with E-state index in [9.17, 15) is 23.1 Å². The normalized spacial score (nSPS) is 13.6. The zero-order valence-electron chi connectivity index (χ0n) is 20.4. The Balaban J connectivity index is 0.000000505. The van der Waals surface area contributed by atoms with E-state index in [1.54, 1.807) is 0 Å².